The van der Waals surface area contributed by atoms with Crippen LogP contribution in [0.1, 0.15) is 91.4 Å². The van der Waals surface area contributed by atoms with Crippen LogP contribution >= 0.6 is 0 Å². The molecule has 1 fully saturated rings. The largest absolute Gasteiger partial charge is 0.303 e. The molecule has 0 amide bonds. The Balaban J connectivity index is 0.000000232. The van der Waals surface area contributed by atoms with Crippen molar-refractivity contribution in [1.82, 2.24) is 0 Å². The third-order valence-electron chi connectivity index (χ3n) is 5.48. The van der Waals surface area contributed by atoms with E-state index in [-0.39, 0.29) is 5.41 Å². The minimum Gasteiger partial charge on any atom is -0.303 e. The number of carbonyl (C=O) groups excluding carboxylic acids is 2. The van der Waals surface area contributed by atoms with Crippen LogP contribution < -0.4 is 0 Å². The topological polar surface area (TPSA) is 34.1 Å². The lowest BCUT2D eigenvalue weighted by Gasteiger charge is -2.41. The highest BCUT2D eigenvalue weighted by Crippen LogP contribution is 2.45. The van der Waals surface area contributed by atoms with Crippen molar-refractivity contribution in [1.29, 1.82) is 0 Å². The van der Waals surface area contributed by atoms with Crippen LogP contribution in [0.25, 0.3) is 0 Å². The number of allylic oxidation sites excluding steroid dienone is 2. The molecule has 23 heavy (non-hydrogen) atoms. The lowest BCUT2D eigenvalue weighted by atomic mass is 9.62. The van der Waals surface area contributed by atoms with Crippen LogP contribution in [-0.2, 0) is 9.59 Å². The SMILES string of the molecule is CC(C)CCCCCCC=O.CC12CC=CCC1CCCC2=O. The van der Waals surface area contributed by atoms with Crippen molar-refractivity contribution in [3.05, 3.63) is 12.2 Å². The molecule has 0 aliphatic heterocycles. The molecular formula is C21H36O2. The second kappa shape index (κ2) is 10.8. The highest BCUT2D eigenvalue weighted by molar-refractivity contribution is 5.85. The quantitative estimate of drug-likeness (QED) is 0.333. The van der Waals surface area contributed by atoms with Gasteiger partial charge in [0.25, 0.3) is 0 Å². The number of Topliss-reactive ketones (excluding diaryl/α,β-unsaturated/α-hetero) is 1. The van der Waals surface area contributed by atoms with E-state index in [1.54, 1.807) is 0 Å². The number of aldehydes is 1. The Kier molecular flexibility index (Phi) is 9.43. The zero-order valence-electron chi connectivity index (χ0n) is 15.5. The Morgan fingerprint density at radius 3 is 2.61 bits per heavy atom. The summed E-state index contributed by atoms with van der Waals surface area (Å²) in [5, 5.41) is 0. The molecule has 0 radical (unpaired) electrons. The lowest BCUT2D eigenvalue weighted by molar-refractivity contribution is -0.134. The summed E-state index contributed by atoms with van der Waals surface area (Å²) >= 11 is 0. The molecule has 0 aromatic rings. The highest BCUT2D eigenvalue weighted by atomic mass is 16.1. The molecule has 0 bridgehead atoms. The molecular weight excluding hydrogens is 284 g/mol. The maximum Gasteiger partial charge on any atom is 0.139 e. The van der Waals surface area contributed by atoms with Crippen LogP contribution in [0, 0.1) is 17.3 Å². The summed E-state index contributed by atoms with van der Waals surface area (Å²) in [4.78, 5) is 21.7. The highest BCUT2D eigenvalue weighted by Gasteiger charge is 2.42. The van der Waals surface area contributed by atoms with Gasteiger partial charge < -0.3 is 4.79 Å². The van der Waals surface area contributed by atoms with Gasteiger partial charge in [0.05, 0.1) is 0 Å². The Hall–Kier alpha value is -0.920. The summed E-state index contributed by atoms with van der Waals surface area (Å²) in [6, 6.07) is 0. The lowest BCUT2D eigenvalue weighted by Crippen LogP contribution is -2.40. The first-order valence-corrected chi connectivity index (χ1v) is 9.62. The van der Waals surface area contributed by atoms with Gasteiger partial charge in [-0.2, -0.15) is 0 Å². The summed E-state index contributed by atoms with van der Waals surface area (Å²) in [5.74, 6) is 1.98. The van der Waals surface area contributed by atoms with E-state index in [0.717, 1.165) is 50.7 Å². The molecule has 2 rings (SSSR count). The van der Waals surface area contributed by atoms with Gasteiger partial charge in [-0.25, -0.2) is 0 Å². The first kappa shape index (κ1) is 20.1. The van der Waals surface area contributed by atoms with Gasteiger partial charge in [-0.1, -0.05) is 58.6 Å². The number of rotatable bonds is 7. The zero-order chi connectivity index (χ0) is 17.1. The molecule has 0 aromatic carbocycles. The molecule has 0 saturated heterocycles. The molecule has 0 N–H and O–H groups in total. The Morgan fingerprint density at radius 2 is 1.96 bits per heavy atom. The smallest absolute Gasteiger partial charge is 0.139 e. The summed E-state index contributed by atoms with van der Waals surface area (Å²) in [6.45, 7) is 6.67. The van der Waals surface area contributed by atoms with Crippen LogP contribution in [0.3, 0.4) is 0 Å². The number of carbonyl (C=O) groups is 2. The van der Waals surface area contributed by atoms with Crippen molar-refractivity contribution >= 4 is 12.1 Å². The van der Waals surface area contributed by atoms with Gasteiger partial charge >= 0.3 is 0 Å². The maximum atomic E-state index is 11.7. The van der Waals surface area contributed by atoms with Gasteiger partial charge in [-0.15, -0.1) is 0 Å². The predicted molar refractivity (Wildman–Crippen MR) is 97.4 cm³/mol. The number of ketones is 1. The average Bonchev–Trinajstić information content (AvgIpc) is 2.52. The van der Waals surface area contributed by atoms with Crippen LogP contribution in [0.15, 0.2) is 12.2 Å². The normalized spacial score (nSPS) is 26.4. The molecule has 2 heteroatoms. The number of fused-ring (bicyclic) bond motifs is 1. The van der Waals surface area contributed by atoms with Crippen molar-refractivity contribution in [3.63, 3.8) is 0 Å². The monoisotopic (exact) mass is 320 g/mol. The summed E-state index contributed by atoms with van der Waals surface area (Å²) in [6.07, 6.45) is 17.8. The standard InChI is InChI=1S/C11H16O.C10H20O/c1-11-8-3-2-5-9(11)6-4-7-10(11)12;1-10(2)8-6-4-3-5-7-9-11/h2-3,9H,4-8H2,1H3;9-10H,3-8H2,1-2H3. The number of hydrogen-bond acceptors (Lipinski definition) is 2. The van der Waals surface area contributed by atoms with Gasteiger partial charge in [0.1, 0.15) is 12.1 Å². The Labute approximate surface area is 143 Å². The van der Waals surface area contributed by atoms with E-state index < -0.39 is 0 Å². The van der Waals surface area contributed by atoms with Crippen LogP contribution in [0.5, 0.6) is 0 Å². The molecule has 0 heterocycles. The van der Waals surface area contributed by atoms with Gasteiger partial charge in [0.2, 0.25) is 0 Å². The molecule has 132 valence electrons. The van der Waals surface area contributed by atoms with Gasteiger partial charge in [-0.05, 0) is 43.9 Å². The second-order valence-corrected chi connectivity index (χ2v) is 7.89. The third kappa shape index (κ3) is 7.01. The zero-order valence-corrected chi connectivity index (χ0v) is 15.5. The fourth-order valence-corrected chi connectivity index (χ4v) is 3.72. The van der Waals surface area contributed by atoms with Gasteiger partial charge in [-0.3, -0.25) is 4.79 Å². The average molecular weight is 321 g/mol. The van der Waals surface area contributed by atoms with E-state index in [0.29, 0.717) is 11.7 Å². The van der Waals surface area contributed by atoms with Gasteiger partial charge in [0.15, 0.2) is 0 Å². The van der Waals surface area contributed by atoms with Crippen molar-refractivity contribution in [2.24, 2.45) is 17.3 Å². The second-order valence-electron chi connectivity index (χ2n) is 7.89. The molecule has 2 aliphatic rings. The van der Waals surface area contributed by atoms with E-state index >= 15 is 0 Å². The molecule has 0 spiro atoms. The van der Waals surface area contributed by atoms with Crippen molar-refractivity contribution in [2.45, 2.75) is 91.4 Å². The molecule has 0 aromatic heterocycles. The van der Waals surface area contributed by atoms with E-state index in [2.05, 4.69) is 32.9 Å². The molecule has 2 aliphatic carbocycles. The van der Waals surface area contributed by atoms with E-state index in [4.69, 9.17) is 0 Å². The Bertz CT molecular complexity index is 383. The fraction of sp³-hybridized carbons (Fsp3) is 0.810. The van der Waals surface area contributed by atoms with E-state index in [1.807, 2.05) is 0 Å². The van der Waals surface area contributed by atoms with Gasteiger partial charge in [0, 0.05) is 18.3 Å². The van der Waals surface area contributed by atoms with Crippen molar-refractivity contribution in [3.8, 4) is 0 Å². The van der Waals surface area contributed by atoms with Crippen molar-refractivity contribution < 1.29 is 9.59 Å². The minimum absolute atomic E-state index is 0.00694. The first-order chi connectivity index (χ1) is 11.0. The van der Waals surface area contributed by atoms with Crippen LogP contribution in [0.4, 0.5) is 0 Å². The third-order valence-corrected chi connectivity index (χ3v) is 5.48. The Morgan fingerprint density at radius 1 is 1.22 bits per heavy atom. The number of hydrogen-bond donors (Lipinski definition) is 0. The van der Waals surface area contributed by atoms with E-state index in [9.17, 15) is 9.59 Å². The fourth-order valence-electron chi connectivity index (χ4n) is 3.72. The molecule has 2 atom stereocenters. The summed E-state index contributed by atoms with van der Waals surface area (Å²) in [7, 11) is 0. The maximum absolute atomic E-state index is 11.7. The predicted octanol–water partition coefficient (Wildman–Crippen LogP) is 5.89. The van der Waals surface area contributed by atoms with Crippen molar-refractivity contribution in [2.75, 3.05) is 0 Å². The minimum atomic E-state index is 0.00694. The summed E-state index contributed by atoms with van der Waals surface area (Å²) < 4.78 is 0. The van der Waals surface area contributed by atoms with Crippen LogP contribution in [-0.4, -0.2) is 12.1 Å². The first-order valence-electron chi connectivity index (χ1n) is 9.62. The molecule has 2 unspecified atom stereocenters. The van der Waals surface area contributed by atoms with Crippen LogP contribution in [0.2, 0.25) is 0 Å². The number of unbranched alkanes of at least 4 members (excludes halogenated alkanes) is 4. The van der Waals surface area contributed by atoms with E-state index in [1.165, 1.54) is 32.1 Å². The summed E-state index contributed by atoms with van der Waals surface area (Å²) in [5.41, 5.74) is 0.00694. The molecule has 2 nitrogen and oxygen atoms in total. The molecule has 1 saturated carbocycles.